The Morgan fingerprint density at radius 1 is 1.19 bits per heavy atom. The normalized spacial score (nSPS) is 18.6. The van der Waals surface area contributed by atoms with Crippen molar-refractivity contribution in [3.63, 3.8) is 0 Å². The van der Waals surface area contributed by atoms with Crippen molar-refractivity contribution in [3.05, 3.63) is 36.0 Å². The van der Waals surface area contributed by atoms with Crippen molar-refractivity contribution < 1.29 is 4.79 Å². The lowest BCUT2D eigenvalue weighted by atomic mass is 9.83. The molecule has 2 aliphatic rings. The molecule has 0 N–H and O–H groups in total. The van der Waals surface area contributed by atoms with E-state index in [2.05, 4.69) is 26.0 Å². The molecule has 4 rings (SSSR count). The third kappa shape index (κ3) is 3.30. The number of nitrogens with zero attached hydrogens (tertiary/aromatic N) is 6. The van der Waals surface area contributed by atoms with Crippen LogP contribution in [-0.4, -0.2) is 56.7 Å². The van der Waals surface area contributed by atoms with Crippen molar-refractivity contribution in [2.24, 2.45) is 7.05 Å². The molecule has 138 valence electrons. The van der Waals surface area contributed by atoms with Gasteiger partial charge in [0, 0.05) is 57.1 Å². The Balaban J connectivity index is 1.37. The Bertz CT molecular complexity index is 776. The number of anilines is 1. The molecule has 2 aromatic heterocycles. The third-order valence-corrected chi connectivity index (χ3v) is 5.79. The predicted molar refractivity (Wildman–Crippen MR) is 99.2 cm³/mol. The summed E-state index contributed by atoms with van der Waals surface area (Å²) in [4.78, 5) is 25.7. The van der Waals surface area contributed by atoms with Crippen LogP contribution in [0.25, 0.3) is 0 Å². The molecule has 1 saturated heterocycles. The molecule has 7 nitrogen and oxygen atoms in total. The van der Waals surface area contributed by atoms with E-state index in [-0.39, 0.29) is 11.9 Å². The Morgan fingerprint density at radius 2 is 1.96 bits per heavy atom. The van der Waals surface area contributed by atoms with E-state index < -0.39 is 0 Å². The highest BCUT2D eigenvalue weighted by Gasteiger charge is 2.28. The molecular weight excluding hydrogens is 328 g/mol. The van der Waals surface area contributed by atoms with Gasteiger partial charge in [0.1, 0.15) is 17.8 Å². The molecule has 0 atom stereocenters. The van der Waals surface area contributed by atoms with Crippen molar-refractivity contribution in [2.75, 3.05) is 25.0 Å². The van der Waals surface area contributed by atoms with E-state index in [1.54, 1.807) is 23.3 Å². The quantitative estimate of drug-likeness (QED) is 0.842. The fraction of sp³-hybridized carbons (Fsp3) is 0.579. The first-order valence-corrected chi connectivity index (χ1v) is 9.45. The van der Waals surface area contributed by atoms with Gasteiger partial charge in [-0.1, -0.05) is 6.42 Å². The van der Waals surface area contributed by atoms with Gasteiger partial charge in [-0.3, -0.25) is 9.48 Å². The predicted octanol–water partition coefficient (Wildman–Crippen LogP) is 2.22. The Morgan fingerprint density at radius 3 is 2.58 bits per heavy atom. The minimum atomic E-state index is -0.00152. The van der Waals surface area contributed by atoms with Gasteiger partial charge < -0.3 is 9.80 Å². The number of piperidine rings is 1. The van der Waals surface area contributed by atoms with Gasteiger partial charge in [-0.2, -0.15) is 5.10 Å². The van der Waals surface area contributed by atoms with Crippen LogP contribution in [0.2, 0.25) is 0 Å². The average Bonchev–Trinajstić information content (AvgIpc) is 3.06. The fourth-order valence-electron chi connectivity index (χ4n) is 3.82. The zero-order chi connectivity index (χ0) is 18.1. The molecule has 2 aromatic rings. The van der Waals surface area contributed by atoms with Crippen LogP contribution >= 0.6 is 0 Å². The number of aromatic nitrogens is 4. The average molecular weight is 354 g/mol. The zero-order valence-electron chi connectivity index (χ0n) is 15.5. The van der Waals surface area contributed by atoms with Gasteiger partial charge in [-0.25, -0.2) is 9.97 Å². The van der Waals surface area contributed by atoms with Crippen LogP contribution in [-0.2, 0) is 7.05 Å². The number of carbonyl (C=O) groups excluding carboxylic acids is 1. The molecule has 1 saturated carbocycles. The summed E-state index contributed by atoms with van der Waals surface area (Å²) >= 11 is 0. The lowest BCUT2D eigenvalue weighted by Gasteiger charge is -2.37. The van der Waals surface area contributed by atoms with Gasteiger partial charge in [0.25, 0.3) is 5.91 Å². The van der Waals surface area contributed by atoms with Crippen molar-refractivity contribution in [1.82, 2.24) is 24.6 Å². The molecule has 0 radical (unpaired) electrons. The van der Waals surface area contributed by atoms with Crippen molar-refractivity contribution in [1.29, 1.82) is 0 Å². The number of carbonyl (C=O) groups is 1. The fourth-order valence-corrected chi connectivity index (χ4v) is 3.82. The highest BCUT2D eigenvalue weighted by Crippen LogP contribution is 2.36. The first-order chi connectivity index (χ1) is 12.6. The summed E-state index contributed by atoms with van der Waals surface area (Å²) < 4.78 is 1.67. The van der Waals surface area contributed by atoms with Crippen LogP contribution < -0.4 is 4.90 Å². The highest BCUT2D eigenvalue weighted by atomic mass is 16.2. The topological polar surface area (TPSA) is 67.2 Å². The van der Waals surface area contributed by atoms with E-state index in [4.69, 9.17) is 0 Å². The van der Waals surface area contributed by atoms with Crippen LogP contribution in [0.3, 0.4) is 0 Å². The SMILES string of the molecule is CN(C(=O)c1ccn(C)n1)C1CCN(c2cc(C3CCC3)ncn2)CC1. The summed E-state index contributed by atoms with van der Waals surface area (Å²) in [6, 6.07) is 4.18. The highest BCUT2D eigenvalue weighted by molar-refractivity contribution is 5.92. The lowest BCUT2D eigenvalue weighted by Crippen LogP contribution is -2.46. The van der Waals surface area contributed by atoms with Crippen LogP contribution in [0.1, 0.15) is 54.2 Å². The van der Waals surface area contributed by atoms with Gasteiger partial charge in [-0.15, -0.1) is 0 Å². The van der Waals surface area contributed by atoms with Crippen LogP contribution in [0.4, 0.5) is 5.82 Å². The molecule has 0 bridgehead atoms. The second-order valence-electron chi connectivity index (χ2n) is 7.44. The summed E-state index contributed by atoms with van der Waals surface area (Å²) in [7, 11) is 3.71. The van der Waals surface area contributed by atoms with E-state index >= 15 is 0 Å². The number of hydrogen-bond donors (Lipinski definition) is 0. The molecule has 1 amide bonds. The van der Waals surface area contributed by atoms with Crippen molar-refractivity contribution in [2.45, 2.75) is 44.1 Å². The Hall–Kier alpha value is -2.44. The smallest absolute Gasteiger partial charge is 0.274 e. The van der Waals surface area contributed by atoms with Gasteiger partial charge in [0.15, 0.2) is 0 Å². The summed E-state index contributed by atoms with van der Waals surface area (Å²) in [6.45, 7) is 1.82. The van der Waals surface area contributed by atoms with Crippen LogP contribution in [0.15, 0.2) is 24.7 Å². The van der Waals surface area contributed by atoms with Gasteiger partial charge in [0.05, 0.1) is 0 Å². The minimum Gasteiger partial charge on any atom is -0.356 e. The second-order valence-corrected chi connectivity index (χ2v) is 7.44. The second kappa shape index (κ2) is 7.05. The molecule has 7 heteroatoms. The molecule has 2 fully saturated rings. The van der Waals surface area contributed by atoms with Crippen LogP contribution in [0.5, 0.6) is 0 Å². The number of hydrogen-bond acceptors (Lipinski definition) is 5. The van der Waals surface area contributed by atoms with E-state index in [0.717, 1.165) is 31.7 Å². The Kier molecular flexibility index (Phi) is 4.61. The molecule has 0 aromatic carbocycles. The monoisotopic (exact) mass is 354 g/mol. The summed E-state index contributed by atoms with van der Waals surface area (Å²) in [5.41, 5.74) is 1.70. The maximum Gasteiger partial charge on any atom is 0.274 e. The summed E-state index contributed by atoms with van der Waals surface area (Å²) in [5, 5.41) is 4.23. The summed E-state index contributed by atoms with van der Waals surface area (Å²) in [6.07, 6.45) is 9.20. The van der Waals surface area contributed by atoms with Crippen molar-refractivity contribution in [3.8, 4) is 0 Å². The van der Waals surface area contributed by atoms with E-state index in [1.165, 1.54) is 25.0 Å². The Labute approximate surface area is 154 Å². The number of amides is 1. The molecule has 3 heterocycles. The summed E-state index contributed by atoms with van der Waals surface area (Å²) in [5.74, 6) is 1.65. The molecule has 1 aliphatic heterocycles. The zero-order valence-corrected chi connectivity index (χ0v) is 15.5. The van der Waals surface area contributed by atoms with E-state index in [9.17, 15) is 4.79 Å². The molecule has 26 heavy (non-hydrogen) atoms. The maximum atomic E-state index is 12.6. The molecule has 0 spiro atoms. The van der Waals surface area contributed by atoms with E-state index in [0.29, 0.717) is 11.6 Å². The third-order valence-electron chi connectivity index (χ3n) is 5.79. The first kappa shape index (κ1) is 17.0. The standard InChI is InChI=1S/C19H26N6O/c1-23-9-8-16(22-23)19(26)24(2)15-6-10-25(11-7-15)18-12-17(20-13-21-18)14-4-3-5-14/h8-9,12-15H,3-7,10-11H2,1-2H3. The van der Waals surface area contributed by atoms with E-state index in [1.807, 2.05) is 19.0 Å². The largest absolute Gasteiger partial charge is 0.356 e. The molecule has 0 unspecified atom stereocenters. The number of rotatable bonds is 4. The van der Waals surface area contributed by atoms with Gasteiger partial charge in [-0.05, 0) is 31.7 Å². The van der Waals surface area contributed by atoms with Gasteiger partial charge >= 0.3 is 0 Å². The molecular formula is C19H26N6O. The first-order valence-electron chi connectivity index (χ1n) is 9.45. The maximum absolute atomic E-state index is 12.6. The van der Waals surface area contributed by atoms with Gasteiger partial charge in [0.2, 0.25) is 0 Å². The van der Waals surface area contributed by atoms with Crippen molar-refractivity contribution >= 4 is 11.7 Å². The lowest BCUT2D eigenvalue weighted by molar-refractivity contribution is 0.0702. The minimum absolute atomic E-state index is 0.00152. The molecule has 1 aliphatic carbocycles. The van der Waals surface area contributed by atoms with Crippen LogP contribution in [0, 0.1) is 0 Å². The number of aryl methyl sites for hydroxylation is 1.